The summed E-state index contributed by atoms with van der Waals surface area (Å²) in [7, 11) is 0. The Hall–Kier alpha value is -3.28. The van der Waals surface area contributed by atoms with Crippen LogP contribution in [0.5, 0.6) is 5.75 Å². The van der Waals surface area contributed by atoms with E-state index in [1.54, 1.807) is 12.1 Å². The third-order valence-corrected chi connectivity index (χ3v) is 5.72. The van der Waals surface area contributed by atoms with E-state index in [0.717, 1.165) is 11.1 Å². The summed E-state index contributed by atoms with van der Waals surface area (Å²) in [6.45, 7) is 6.16. The van der Waals surface area contributed by atoms with Gasteiger partial charge in [-0.15, -0.1) is 0 Å². The van der Waals surface area contributed by atoms with Gasteiger partial charge in [-0.3, -0.25) is 9.89 Å². The molecule has 1 aliphatic heterocycles. The number of fused-ring (bicyclic) bond motifs is 1. The number of Topliss-reactive ketones (excluding diaryl/α,β-unsaturated/α-hetero) is 1. The maximum absolute atomic E-state index is 14.0. The number of ketones is 1. The van der Waals surface area contributed by atoms with E-state index in [0.29, 0.717) is 34.4 Å². The highest BCUT2D eigenvalue weighted by atomic mass is 19.1. The predicted molar refractivity (Wildman–Crippen MR) is 116 cm³/mol. The van der Waals surface area contributed by atoms with Crippen LogP contribution in [0, 0.1) is 17.7 Å². The summed E-state index contributed by atoms with van der Waals surface area (Å²) in [4.78, 5) is 13.4. The minimum Gasteiger partial charge on any atom is -0.493 e. The molecule has 4 nitrogen and oxygen atoms in total. The molecule has 1 unspecified atom stereocenters. The number of H-pyrrole nitrogens is 1. The van der Waals surface area contributed by atoms with Crippen molar-refractivity contribution in [1.29, 1.82) is 0 Å². The standard InChI is InChI=1S/C25H24F2N2O2/c1-4-19(24(30)17-9-16-10-18(26)6-8-23(16)31-13-17)20-7-5-15(11-21(20)14(2)3)22-12-28-29-25(22)27/h4-8,10-12,14,17H,9,13H2,1-3H3,(H,28,29)/b19-4+. The van der Waals surface area contributed by atoms with E-state index in [1.807, 2.05) is 39.0 Å². The number of rotatable bonds is 5. The first kappa shape index (κ1) is 21.0. The second-order valence-electron chi connectivity index (χ2n) is 8.09. The van der Waals surface area contributed by atoms with Crippen LogP contribution in [0.2, 0.25) is 0 Å². The van der Waals surface area contributed by atoms with Crippen LogP contribution in [0.4, 0.5) is 8.78 Å². The van der Waals surface area contributed by atoms with E-state index >= 15 is 0 Å². The summed E-state index contributed by atoms with van der Waals surface area (Å²) in [5.74, 6) is -0.527. The molecule has 0 saturated carbocycles. The summed E-state index contributed by atoms with van der Waals surface area (Å²) in [6.07, 6.45) is 3.69. The van der Waals surface area contributed by atoms with Crippen molar-refractivity contribution >= 4 is 11.4 Å². The Bertz CT molecular complexity index is 1160. The first-order chi connectivity index (χ1) is 14.9. The van der Waals surface area contributed by atoms with Gasteiger partial charge in [-0.05, 0) is 59.7 Å². The van der Waals surface area contributed by atoms with Gasteiger partial charge in [0.25, 0.3) is 0 Å². The van der Waals surface area contributed by atoms with Crippen LogP contribution in [0.25, 0.3) is 16.7 Å². The van der Waals surface area contributed by atoms with Gasteiger partial charge in [-0.25, -0.2) is 4.39 Å². The summed E-state index contributed by atoms with van der Waals surface area (Å²) < 4.78 is 33.4. The van der Waals surface area contributed by atoms with Crippen LogP contribution >= 0.6 is 0 Å². The SMILES string of the molecule is C/C=C(/C(=O)C1COc2ccc(F)cc2C1)c1ccc(-c2cn[nH]c2F)cc1C(C)C. The Balaban J connectivity index is 1.67. The number of aromatic amines is 1. The average molecular weight is 422 g/mol. The van der Waals surface area contributed by atoms with E-state index in [-0.39, 0.29) is 24.1 Å². The molecule has 160 valence electrons. The number of halogens is 2. The number of carbonyl (C=O) groups is 1. The molecular weight excluding hydrogens is 398 g/mol. The Morgan fingerprint density at radius 3 is 2.71 bits per heavy atom. The topological polar surface area (TPSA) is 55.0 Å². The van der Waals surface area contributed by atoms with Gasteiger partial charge in [0, 0.05) is 5.57 Å². The van der Waals surface area contributed by atoms with Crippen molar-refractivity contribution in [3.05, 3.63) is 77.1 Å². The normalized spacial score (nSPS) is 16.2. The Labute approximate surface area is 180 Å². The highest BCUT2D eigenvalue weighted by Gasteiger charge is 2.30. The van der Waals surface area contributed by atoms with Crippen LogP contribution in [0.3, 0.4) is 0 Å². The van der Waals surface area contributed by atoms with Gasteiger partial charge in [-0.2, -0.15) is 9.49 Å². The molecule has 4 rings (SSSR count). The molecule has 3 aromatic rings. The average Bonchev–Trinajstić information content (AvgIpc) is 3.19. The Morgan fingerprint density at radius 2 is 2.03 bits per heavy atom. The summed E-state index contributed by atoms with van der Waals surface area (Å²) in [5.41, 5.74) is 4.15. The molecule has 1 aliphatic rings. The molecule has 0 radical (unpaired) electrons. The zero-order valence-electron chi connectivity index (χ0n) is 17.7. The maximum Gasteiger partial charge on any atom is 0.216 e. The van der Waals surface area contributed by atoms with E-state index < -0.39 is 11.9 Å². The lowest BCUT2D eigenvalue weighted by atomic mass is 9.83. The van der Waals surface area contributed by atoms with Crippen molar-refractivity contribution in [3.8, 4) is 16.9 Å². The third kappa shape index (κ3) is 4.02. The van der Waals surface area contributed by atoms with Crippen LogP contribution in [-0.2, 0) is 11.2 Å². The zero-order valence-corrected chi connectivity index (χ0v) is 17.7. The first-order valence-electron chi connectivity index (χ1n) is 10.3. The van der Waals surface area contributed by atoms with Crippen LogP contribution in [0.1, 0.15) is 43.4 Å². The summed E-state index contributed by atoms with van der Waals surface area (Å²) >= 11 is 0. The number of ether oxygens (including phenoxy) is 1. The molecule has 0 aliphatic carbocycles. The summed E-state index contributed by atoms with van der Waals surface area (Å²) in [6, 6.07) is 9.96. The quantitative estimate of drug-likeness (QED) is 0.537. The molecule has 0 bridgehead atoms. The predicted octanol–water partition coefficient (Wildman–Crippen LogP) is 5.70. The van der Waals surface area contributed by atoms with Crippen LogP contribution < -0.4 is 4.74 Å². The van der Waals surface area contributed by atoms with Gasteiger partial charge in [0.1, 0.15) is 11.6 Å². The number of nitrogens with zero attached hydrogens (tertiary/aromatic N) is 1. The molecule has 1 atom stereocenters. The Morgan fingerprint density at radius 1 is 1.23 bits per heavy atom. The number of aromatic nitrogens is 2. The fourth-order valence-corrected chi connectivity index (χ4v) is 4.11. The maximum atomic E-state index is 14.0. The van der Waals surface area contributed by atoms with Gasteiger partial charge in [0.15, 0.2) is 5.78 Å². The number of carbonyl (C=O) groups excluding carboxylic acids is 1. The molecule has 0 fully saturated rings. The first-order valence-corrected chi connectivity index (χ1v) is 10.3. The number of allylic oxidation sites excluding steroid dienone is 2. The minimum atomic E-state index is -0.491. The zero-order chi connectivity index (χ0) is 22.1. The van der Waals surface area contributed by atoms with Crippen molar-refractivity contribution in [3.63, 3.8) is 0 Å². The van der Waals surface area contributed by atoms with Gasteiger partial charge in [0.05, 0.1) is 24.3 Å². The van der Waals surface area contributed by atoms with E-state index in [9.17, 15) is 13.6 Å². The van der Waals surface area contributed by atoms with Gasteiger partial charge in [0.2, 0.25) is 5.95 Å². The van der Waals surface area contributed by atoms with Crippen molar-refractivity contribution in [2.75, 3.05) is 6.61 Å². The van der Waals surface area contributed by atoms with Crippen molar-refractivity contribution in [2.24, 2.45) is 5.92 Å². The largest absolute Gasteiger partial charge is 0.493 e. The van der Waals surface area contributed by atoms with Gasteiger partial charge < -0.3 is 4.74 Å². The lowest BCUT2D eigenvalue weighted by molar-refractivity contribution is -0.118. The molecule has 1 aromatic heterocycles. The third-order valence-electron chi connectivity index (χ3n) is 5.72. The monoisotopic (exact) mass is 422 g/mol. The molecule has 0 amide bonds. The van der Waals surface area contributed by atoms with Gasteiger partial charge >= 0.3 is 0 Å². The fourth-order valence-electron chi connectivity index (χ4n) is 4.11. The fraction of sp³-hybridized carbons (Fsp3) is 0.280. The lowest BCUT2D eigenvalue weighted by Gasteiger charge is -2.26. The molecule has 0 spiro atoms. The Kier molecular flexibility index (Phi) is 5.72. The molecule has 6 heteroatoms. The smallest absolute Gasteiger partial charge is 0.216 e. The molecule has 2 aromatic carbocycles. The van der Waals surface area contributed by atoms with Gasteiger partial charge in [-0.1, -0.05) is 38.1 Å². The lowest BCUT2D eigenvalue weighted by Crippen LogP contribution is -2.29. The number of nitrogens with one attached hydrogen (secondary N) is 1. The van der Waals surface area contributed by atoms with E-state index in [1.165, 1.54) is 18.3 Å². The number of hydrogen-bond donors (Lipinski definition) is 1. The molecule has 2 heterocycles. The van der Waals surface area contributed by atoms with E-state index in [2.05, 4.69) is 10.2 Å². The second kappa shape index (κ2) is 8.46. The highest BCUT2D eigenvalue weighted by molar-refractivity contribution is 6.22. The molecular formula is C25H24F2N2O2. The molecule has 31 heavy (non-hydrogen) atoms. The minimum absolute atomic E-state index is 0.0402. The van der Waals surface area contributed by atoms with Crippen LogP contribution in [-0.4, -0.2) is 22.6 Å². The molecule has 1 N–H and O–H groups in total. The molecule has 0 saturated heterocycles. The van der Waals surface area contributed by atoms with E-state index in [4.69, 9.17) is 4.74 Å². The highest BCUT2D eigenvalue weighted by Crippen LogP contribution is 2.35. The second-order valence-corrected chi connectivity index (χ2v) is 8.09. The number of hydrogen-bond acceptors (Lipinski definition) is 3. The van der Waals surface area contributed by atoms with Crippen molar-refractivity contribution in [2.45, 2.75) is 33.1 Å². The van der Waals surface area contributed by atoms with Crippen molar-refractivity contribution < 1.29 is 18.3 Å². The van der Waals surface area contributed by atoms with Crippen LogP contribution in [0.15, 0.2) is 48.7 Å². The number of benzene rings is 2. The van der Waals surface area contributed by atoms with Crippen molar-refractivity contribution in [1.82, 2.24) is 10.2 Å². The summed E-state index contributed by atoms with van der Waals surface area (Å²) in [5, 5.41) is 6.07.